The number of rotatable bonds is 0. The van der Waals surface area contributed by atoms with Gasteiger partial charge < -0.3 is 15.0 Å². The molecule has 0 radical (unpaired) electrons. The van der Waals surface area contributed by atoms with E-state index in [0.29, 0.717) is 0 Å². The third kappa shape index (κ3) is 6.33. The van der Waals surface area contributed by atoms with Crippen molar-refractivity contribution in [3.05, 3.63) is 126 Å². The summed E-state index contributed by atoms with van der Waals surface area (Å²) in [5, 5.41) is 0. The molecule has 3 N–H and O–H groups in total. The zero-order valence-electron chi connectivity index (χ0n) is 19.9. The van der Waals surface area contributed by atoms with Gasteiger partial charge in [-0.1, -0.05) is 6.07 Å². The molecule has 0 amide bonds. The lowest BCUT2D eigenvalue weighted by Gasteiger charge is -1.85. The van der Waals surface area contributed by atoms with Crippen LogP contribution in [-0.4, -0.2) is 29.9 Å². The number of fused-ring (bicyclic) bond motifs is 8. The highest BCUT2D eigenvalue weighted by atomic mass is 14.8. The lowest BCUT2D eigenvalue weighted by atomic mass is 10.3. The Bertz CT molecular complexity index is 1440. The van der Waals surface area contributed by atoms with Crippen LogP contribution in [0.15, 0.2) is 97.5 Å². The number of H-pyrrole nitrogens is 3. The second kappa shape index (κ2) is 11.0. The number of pyridine rings is 1. The molecule has 0 spiro atoms. The standard InChI is InChI=1S/C20H14N4.C5H7N.C5H5N/c1-2-14-10-16-5-6-18(23-16)12-20-8-7-19(24-20)11-17-4-3-15(22-17)9-13(1)21-14;1-5-3-2-4-6-5;1-2-4-6-5-3-1/h1-12,21,24H;2-4,6H,1H3;1-5H. The molecule has 0 saturated carbocycles. The Balaban J connectivity index is 0.000000182. The minimum atomic E-state index is 0.939. The number of aromatic nitrogens is 6. The fourth-order valence-corrected chi connectivity index (χ4v) is 3.68. The van der Waals surface area contributed by atoms with E-state index < -0.39 is 0 Å². The third-order valence-electron chi connectivity index (χ3n) is 5.36. The molecule has 8 bridgehead atoms. The Kier molecular flexibility index (Phi) is 6.95. The second-order valence-electron chi connectivity index (χ2n) is 8.28. The fraction of sp³-hybridized carbons (Fsp3) is 0.0333. The van der Waals surface area contributed by atoms with Gasteiger partial charge in [-0.2, -0.15) is 0 Å². The van der Waals surface area contributed by atoms with E-state index in [-0.39, 0.29) is 0 Å². The zero-order chi connectivity index (χ0) is 24.6. The molecule has 0 atom stereocenters. The molecule has 7 rings (SSSR count). The van der Waals surface area contributed by atoms with Crippen LogP contribution >= 0.6 is 0 Å². The van der Waals surface area contributed by atoms with Crippen molar-refractivity contribution in [1.82, 2.24) is 29.9 Å². The van der Waals surface area contributed by atoms with Gasteiger partial charge in [0.1, 0.15) is 0 Å². The molecule has 176 valence electrons. The summed E-state index contributed by atoms with van der Waals surface area (Å²) in [7, 11) is 0. The zero-order valence-corrected chi connectivity index (χ0v) is 19.9. The minimum absolute atomic E-state index is 0.939. The molecule has 2 aliphatic rings. The van der Waals surface area contributed by atoms with Gasteiger partial charge in [-0.3, -0.25) is 4.98 Å². The van der Waals surface area contributed by atoms with Crippen molar-refractivity contribution in [3.63, 3.8) is 0 Å². The van der Waals surface area contributed by atoms with Gasteiger partial charge in [0, 0.05) is 46.4 Å². The van der Waals surface area contributed by atoms with E-state index in [4.69, 9.17) is 0 Å². The molecule has 36 heavy (non-hydrogen) atoms. The maximum absolute atomic E-state index is 4.63. The summed E-state index contributed by atoms with van der Waals surface area (Å²) < 4.78 is 0. The molecular weight excluding hydrogens is 444 g/mol. The quantitative estimate of drug-likeness (QED) is 0.222. The number of aryl methyl sites for hydroxylation is 1. The molecule has 6 nitrogen and oxygen atoms in total. The first kappa shape index (κ1) is 22.8. The van der Waals surface area contributed by atoms with E-state index in [2.05, 4.69) is 54.2 Å². The van der Waals surface area contributed by atoms with Crippen molar-refractivity contribution in [2.75, 3.05) is 0 Å². The van der Waals surface area contributed by atoms with Crippen molar-refractivity contribution in [2.24, 2.45) is 0 Å². The number of nitrogens with zero attached hydrogens (tertiary/aromatic N) is 3. The van der Waals surface area contributed by atoms with Crippen molar-refractivity contribution in [3.8, 4) is 0 Å². The molecule has 0 unspecified atom stereocenters. The monoisotopic (exact) mass is 470 g/mol. The van der Waals surface area contributed by atoms with Crippen LogP contribution in [0.3, 0.4) is 0 Å². The SMILES string of the molecule is C1=Cc2cc3ccc(cc4nc(cc5ccc(cc1n2)[nH]5)C=C4)[nH]3.Cc1ccc[nH]1.c1ccncc1. The van der Waals surface area contributed by atoms with E-state index >= 15 is 0 Å². The number of aromatic amines is 3. The van der Waals surface area contributed by atoms with E-state index in [1.165, 1.54) is 5.69 Å². The summed E-state index contributed by atoms with van der Waals surface area (Å²) in [4.78, 5) is 22.8. The number of hydrogen-bond acceptors (Lipinski definition) is 3. The first-order valence-corrected chi connectivity index (χ1v) is 11.7. The van der Waals surface area contributed by atoms with Crippen LogP contribution in [0.4, 0.5) is 0 Å². The average Bonchev–Trinajstić information content (AvgIpc) is 3.72. The average molecular weight is 471 g/mol. The first-order valence-electron chi connectivity index (χ1n) is 11.7. The van der Waals surface area contributed by atoms with Crippen LogP contribution in [-0.2, 0) is 0 Å². The van der Waals surface area contributed by atoms with E-state index in [1.54, 1.807) is 12.4 Å². The Hall–Kier alpha value is -4.97. The lowest BCUT2D eigenvalue weighted by Crippen LogP contribution is -1.75. The van der Waals surface area contributed by atoms with Crippen molar-refractivity contribution in [2.45, 2.75) is 6.92 Å². The predicted molar refractivity (Wildman–Crippen MR) is 149 cm³/mol. The molecule has 6 heteroatoms. The molecule has 0 aliphatic carbocycles. The van der Waals surface area contributed by atoms with Crippen molar-refractivity contribution < 1.29 is 0 Å². The van der Waals surface area contributed by atoms with Gasteiger partial charge in [0.25, 0.3) is 0 Å². The fourth-order valence-electron chi connectivity index (χ4n) is 3.68. The van der Waals surface area contributed by atoms with Crippen LogP contribution in [0.2, 0.25) is 0 Å². The van der Waals surface area contributed by atoms with Crippen molar-refractivity contribution >= 4 is 46.4 Å². The van der Waals surface area contributed by atoms with Crippen molar-refractivity contribution in [1.29, 1.82) is 0 Å². The van der Waals surface area contributed by atoms with Crippen LogP contribution in [0.1, 0.15) is 28.5 Å². The predicted octanol–water partition coefficient (Wildman–Crippen LogP) is 7.06. The Morgan fingerprint density at radius 3 is 1.22 bits per heavy atom. The van der Waals surface area contributed by atoms with Crippen LogP contribution in [0, 0.1) is 6.92 Å². The van der Waals surface area contributed by atoms with E-state index in [9.17, 15) is 0 Å². The van der Waals surface area contributed by atoms with E-state index in [0.717, 1.165) is 44.8 Å². The van der Waals surface area contributed by atoms with Crippen LogP contribution in [0.5, 0.6) is 0 Å². The van der Waals surface area contributed by atoms with Gasteiger partial charge in [0.05, 0.1) is 22.8 Å². The topological polar surface area (TPSA) is 86.0 Å². The third-order valence-corrected chi connectivity index (χ3v) is 5.36. The Morgan fingerprint density at radius 1 is 0.528 bits per heavy atom. The molecule has 0 aromatic carbocycles. The minimum Gasteiger partial charge on any atom is -0.365 e. The molecule has 5 aromatic rings. The maximum atomic E-state index is 4.63. The highest BCUT2D eigenvalue weighted by molar-refractivity contribution is 5.77. The summed E-state index contributed by atoms with van der Waals surface area (Å²) in [5.41, 5.74) is 9.08. The Labute approximate surface area is 209 Å². The molecule has 0 fully saturated rings. The van der Waals surface area contributed by atoms with Gasteiger partial charge in [-0.25, -0.2) is 9.97 Å². The van der Waals surface area contributed by atoms with Gasteiger partial charge in [-0.15, -0.1) is 0 Å². The summed E-state index contributed by atoms with van der Waals surface area (Å²) in [6.45, 7) is 2.03. The smallest absolute Gasteiger partial charge is 0.0658 e. The molecule has 5 aromatic heterocycles. The lowest BCUT2D eigenvalue weighted by molar-refractivity contribution is 1.27. The summed E-state index contributed by atoms with van der Waals surface area (Å²) in [6, 6.07) is 26.1. The molecule has 0 saturated heterocycles. The number of hydrogen-bond donors (Lipinski definition) is 3. The van der Waals surface area contributed by atoms with Gasteiger partial charge in [0.2, 0.25) is 0 Å². The first-order chi connectivity index (χ1) is 17.7. The molecule has 7 heterocycles. The van der Waals surface area contributed by atoms with E-state index in [1.807, 2.05) is 92.0 Å². The molecular formula is C30H26N6. The van der Waals surface area contributed by atoms with Gasteiger partial charge in [0.15, 0.2) is 0 Å². The highest BCUT2D eigenvalue weighted by Crippen LogP contribution is 2.16. The van der Waals surface area contributed by atoms with Crippen LogP contribution in [0.25, 0.3) is 46.4 Å². The maximum Gasteiger partial charge on any atom is 0.0658 e. The van der Waals surface area contributed by atoms with Gasteiger partial charge in [-0.05, 0) is 104 Å². The highest BCUT2D eigenvalue weighted by Gasteiger charge is 2.01. The normalized spacial score (nSPS) is 11.2. The van der Waals surface area contributed by atoms with Gasteiger partial charge >= 0.3 is 0 Å². The largest absolute Gasteiger partial charge is 0.365 e. The second-order valence-corrected chi connectivity index (χ2v) is 8.28. The number of nitrogens with one attached hydrogen (secondary N) is 3. The summed E-state index contributed by atoms with van der Waals surface area (Å²) in [5.74, 6) is 0. The molecule has 2 aliphatic heterocycles. The summed E-state index contributed by atoms with van der Waals surface area (Å²) in [6.07, 6.45) is 13.5. The van der Waals surface area contributed by atoms with Crippen LogP contribution < -0.4 is 0 Å². The summed E-state index contributed by atoms with van der Waals surface area (Å²) >= 11 is 0. The Morgan fingerprint density at radius 2 is 0.972 bits per heavy atom.